The molecule has 0 bridgehead atoms. The number of allylic oxidation sites excluding steroid dienone is 13. The van der Waals surface area contributed by atoms with Crippen LogP contribution in [0.3, 0.4) is 0 Å². The predicted molar refractivity (Wildman–Crippen MR) is 101 cm³/mol. The minimum absolute atomic E-state index is 0.0724. The summed E-state index contributed by atoms with van der Waals surface area (Å²) in [6.07, 6.45) is 18.5. The van der Waals surface area contributed by atoms with Gasteiger partial charge in [-0.3, -0.25) is 4.79 Å². The molecule has 0 aliphatic carbocycles. The summed E-state index contributed by atoms with van der Waals surface area (Å²) in [5.74, 6) is -0.841. The maximum atomic E-state index is 11.1. The molecule has 0 fully saturated rings. The average molecular weight is 326 g/mol. The lowest BCUT2D eigenvalue weighted by atomic mass is 10.2. The lowest BCUT2D eigenvalue weighted by Crippen LogP contribution is -1.94. The Morgan fingerprint density at radius 2 is 1.04 bits per heavy atom. The quantitative estimate of drug-likeness (QED) is 0.498. The van der Waals surface area contributed by atoms with E-state index < -0.39 is 5.97 Å². The SMILES string of the molecule is CC(=O)/C(C)=C/C=C/C(C)=C/C=C/C=C(C)/C=C/C=C(\C)C(=O)O. The highest BCUT2D eigenvalue weighted by molar-refractivity contribution is 5.92. The first-order valence-corrected chi connectivity index (χ1v) is 7.70. The highest BCUT2D eigenvalue weighted by Crippen LogP contribution is 2.01. The van der Waals surface area contributed by atoms with Gasteiger partial charge in [0.1, 0.15) is 0 Å². The van der Waals surface area contributed by atoms with Gasteiger partial charge in [-0.1, -0.05) is 71.9 Å². The van der Waals surface area contributed by atoms with Crippen molar-refractivity contribution in [2.24, 2.45) is 0 Å². The zero-order valence-corrected chi connectivity index (χ0v) is 15.0. The summed E-state index contributed by atoms with van der Waals surface area (Å²) in [6, 6.07) is 0. The largest absolute Gasteiger partial charge is 0.478 e. The van der Waals surface area contributed by atoms with Gasteiger partial charge in [-0.2, -0.15) is 0 Å². The number of carboxylic acid groups (broad SMARTS) is 1. The monoisotopic (exact) mass is 326 g/mol. The topological polar surface area (TPSA) is 54.4 Å². The van der Waals surface area contributed by atoms with E-state index in [0.29, 0.717) is 5.57 Å². The molecule has 0 radical (unpaired) electrons. The fourth-order valence-corrected chi connectivity index (χ4v) is 1.40. The molecule has 0 saturated carbocycles. The Morgan fingerprint density at radius 3 is 1.42 bits per heavy atom. The molecule has 0 aromatic carbocycles. The second-order valence-electron chi connectivity index (χ2n) is 5.49. The number of carbonyl (C=O) groups is 2. The molecule has 128 valence electrons. The van der Waals surface area contributed by atoms with Crippen molar-refractivity contribution < 1.29 is 14.7 Å². The summed E-state index contributed by atoms with van der Waals surface area (Å²) in [4.78, 5) is 21.7. The second kappa shape index (κ2) is 11.8. The van der Waals surface area contributed by atoms with E-state index in [1.165, 1.54) is 0 Å². The number of Topliss-reactive ketones (excluding diaryl/α,β-unsaturated/α-hetero) is 1. The van der Waals surface area contributed by atoms with Gasteiger partial charge in [0.25, 0.3) is 0 Å². The van der Waals surface area contributed by atoms with E-state index in [2.05, 4.69) is 0 Å². The minimum Gasteiger partial charge on any atom is -0.478 e. The maximum absolute atomic E-state index is 11.1. The van der Waals surface area contributed by atoms with E-state index in [9.17, 15) is 9.59 Å². The molecule has 0 aliphatic rings. The molecule has 0 aromatic rings. The Bertz CT molecular complexity index is 605. The van der Waals surface area contributed by atoms with E-state index in [4.69, 9.17) is 5.11 Å². The summed E-state index contributed by atoms with van der Waals surface area (Å²) < 4.78 is 0. The van der Waals surface area contributed by atoms with Gasteiger partial charge < -0.3 is 5.11 Å². The van der Waals surface area contributed by atoms with Crippen molar-refractivity contribution in [1.29, 1.82) is 0 Å². The number of rotatable bonds is 8. The standard InChI is InChI=1S/C21H26O3/c1-16(12-8-14-18(3)20(5)22)10-6-7-11-17(2)13-9-15-19(4)21(23)24/h6-15H,1-5H3,(H,23,24)/b7-6+,12-8+,13-9+,16-10+,17-11+,18-14+,19-15+. The number of carboxylic acids is 1. The van der Waals surface area contributed by atoms with Gasteiger partial charge >= 0.3 is 5.97 Å². The molecule has 1 N–H and O–H groups in total. The third kappa shape index (κ3) is 11.0. The van der Waals surface area contributed by atoms with Crippen molar-refractivity contribution in [2.45, 2.75) is 34.6 Å². The smallest absolute Gasteiger partial charge is 0.331 e. The van der Waals surface area contributed by atoms with Crippen LogP contribution in [0, 0.1) is 0 Å². The van der Waals surface area contributed by atoms with Crippen molar-refractivity contribution in [3.05, 3.63) is 83.1 Å². The van der Waals surface area contributed by atoms with Crippen LogP contribution in [0.1, 0.15) is 34.6 Å². The molecular formula is C21H26O3. The lowest BCUT2D eigenvalue weighted by molar-refractivity contribution is -0.132. The van der Waals surface area contributed by atoms with Crippen LogP contribution < -0.4 is 0 Å². The molecule has 0 rings (SSSR count). The van der Waals surface area contributed by atoms with Crippen LogP contribution in [-0.4, -0.2) is 16.9 Å². The van der Waals surface area contributed by atoms with Crippen LogP contribution >= 0.6 is 0 Å². The van der Waals surface area contributed by atoms with E-state index in [1.807, 2.05) is 56.4 Å². The average Bonchev–Trinajstić information content (AvgIpc) is 2.51. The zero-order valence-electron chi connectivity index (χ0n) is 15.0. The Balaban J connectivity index is 4.63. The Kier molecular flexibility index (Phi) is 10.5. The van der Waals surface area contributed by atoms with Crippen molar-refractivity contribution in [3.8, 4) is 0 Å². The van der Waals surface area contributed by atoms with Crippen LogP contribution in [0.5, 0.6) is 0 Å². The number of carbonyl (C=O) groups excluding carboxylic acids is 1. The molecule has 0 unspecified atom stereocenters. The molecule has 0 saturated heterocycles. The first kappa shape index (κ1) is 21.3. The van der Waals surface area contributed by atoms with Gasteiger partial charge in [-0.15, -0.1) is 0 Å². The molecule has 0 heterocycles. The summed E-state index contributed by atoms with van der Waals surface area (Å²) in [5.41, 5.74) is 3.11. The third-order valence-electron chi connectivity index (χ3n) is 3.13. The molecule has 0 aromatic heterocycles. The molecule has 0 spiro atoms. The number of ketones is 1. The predicted octanol–water partition coefficient (Wildman–Crippen LogP) is 5.11. The van der Waals surface area contributed by atoms with Crippen molar-refractivity contribution in [3.63, 3.8) is 0 Å². The summed E-state index contributed by atoms with van der Waals surface area (Å²) in [6.45, 7) is 8.82. The fraction of sp³-hybridized carbons (Fsp3) is 0.238. The molecular weight excluding hydrogens is 300 g/mol. The summed E-state index contributed by atoms with van der Waals surface area (Å²) >= 11 is 0. The van der Waals surface area contributed by atoms with Gasteiger partial charge in [0, 0.05) is 5.57 Å². The van der Waals surface area contributed by atoms with E-state index in [0.717, 1.165) is 16.7 Å². The second-order valence-corrected chi connectivity index (χ2v) is 5.49. The molecule has 3 nitrogen and oxygen atoms in total. The zero-order chi connectivity index (χ0) is 18.5. The van der Waals surface area contributed by atoms with Gasteiger partial charge in [0.2, 0.25) is 0 Å². The third-order valence-corrected chi connectivity index (χ3v) is 3.13. The molecule has 0 atom stereocenters. The van der Waals surface area contributed by atoms with Crippen LogP contribution in [0.2, 0.25) is 0 Å². The minimum atomic E-state index is -0.914. The van der Waals surface area contributed by atoms with Gasteiger partial charge in [-0.25, -0.2) is 4.79 Å². The fourth-order valence-electron chi connectivity index (χ4n) is 1.40. The van der Waals surface area contributed by atoms with E-state index >= 15 is 0 Å². The number of aliphatic carboxylic acids is 1. The molecule has 3 heteroatoms. The van der Waals surface area contributed by atoms with Gasteiger partial charge in [0.05, 0.1) is 0 Å². The normalized spacial score (nSPS) is 15.0. The Labute approximate surface area is 144 Å². The Hall–Kier alpha value is -2.68. The van der Waals surface area contributed by atoms with Crippen molar-refractivity contribution >= 4 is 11.8 Å². The molecule has 0 amide bonds. The highest BCUT2D eigenvalue weighted by atomic mass is 16.4. The van der Waals surface area contributed by atoms with Crippen molar-refractivity contribution in [1.82, 2.24) is 0 Å². The van der Waals surface area contributed by atoms with Crippen LogP contribution in [-0.2, 0) is 9.59 Å². The highest BCUT2D eigenvalue weighted by Gasteiger charge is 1.95. The molecule has 24 heavy (non-hydrogen) atoms. The lowest BCUT2D eigenvalue weighted by Gasteiger charge is -1.91. The van der Waals surface area contributed by atoms with Crippen LogP contribution in [0.15, 0.2) is 83.1 Å². The summed E-state index contributed by atoms with van der Waals surface area (Å²) in [7, 11) is 0. The van der Waals surface area contributed by atoms with Crippen LogP contribution in [0.25, 0.3) is 0 Å². The Morgan fingerprint density at radius 1 is 0.625 bits per heavy atom. The van der Waals surface area contributed by atoms with Gasteiger partial charge in [-0.05, 0) is 40.2 Å². The number of hydrogen-bond donors (Lipinski definition) is 1. The summed E-state index contributed by atoms with van der Waals surface area (Å²) in [5, 5.41) is 8.73. The maximum Gasteiger partial charge on any atom is 0.331 e. The van der Waals surface area contributed by atoms with E-state index in [1.54, 1.807) is 39.0 Å². The first-order chi connectivity index (χ1) is 11.2. The van der Waals surface area contributed by atoms with Gasteiger partial charge in [0.15, 0.2) is 5.78 Å². The van der Waals surface area contributed by atoms with Crippen molar-refractivity contribution in [2.75, 3.05) is 0 Å². The van der Waals surface area contributed by atoms with E-state index in [-0.39, 0.29) is 5.78 Å². The first-order valence-electron chi connectivity index (χ1n) is 7.70. The molecule has 0 aliphatic heterocycles. The number of hydrogen-bond acceptors (Lipinski definition) is 2. The van der Waals surface area contributed by atoms with Crippen LogP contribution in [0.4, 0.5) is 0 Å².